The molecule has 3 aliphatic heterocycles. The zero-order valence-corrected chi connectivity index (χ0v) is 32.1. The normalized spacial score (nSPS) is 19.2. The van der Waals surface area contributed by atoms with Gasteiger partial charge in [-0.1, -0.05) is 66.7 Å². The van der Waals surface area contributed by atoms with E-state index in [0.717, 1.165) is 6.07 Å². The Morgan fingerprint density at radius 3 is 2.05 bits per heavy atom. The van der Waals surface area contributed by atoms with Gasteiger partial charge < -0.3 is 29.6 Å². The Morgan fingerprint density at radius 1 is 0.891 bits per heavy atom. The van der Waals surface area contributed by atoms with E-state index in [0.29, 0.717) is 11.1 Å². The van der Waals surface area contributed by atoms with Crippen molar-refractivity contribution in [2.45, 2.75) is 76.7 Å². The molecule has 0 saturated carbocycles. The number of hydrogen-bond acceptors (Lipinski definition) is 10. The molecule has 3 aliphatic rings. The number of benzene rings is 3. The second kappa shape index (κ2) is 15.6. The third kappa shape index (κ3) is 8.86. The zero-order chi connectivity index (χ0) is 39.7. The van der Waals surface area contributed by atoms with E-state index in [1.807, 2.05) is 60.7 Å². The Kier molecular flexibility index (Phi) is 11.1. The van der Waals surface area contributed by atoms with Crippen LogP contribution in [0.15, 0.2) is 95.7 Å². The van der Waals surface area contributed by atoms with Crippen LogP contribution in [0.3, 0.4) is 0 Å². The van der Waals surface area contributed by atoms with Crippen LogP contribution in [0.2, 0.25) is 0 Å². The molecule has 2 atom stereocenters. The summed E-state index contributed by atoms with van der Waals surface area (Å²) in [5.41, 5.74) is 0.412. The van der Waals surface area contributed by atoms with Gasteiger partial charge in [-0.25, -0.2) is 18.8 Å². The summed E-state index contributed by atoms with van der Waals surface area (Å²) in [5.74, 6) is -3.17. The van der Waals surface area contributed by atoms with Crippen molar-refractivity contribution >= 4 is 47.4 Å². The highest BCUT2D eigenvalue weighted by Gasteiger charge is 2.55. The van der Waals surface area contributed by atoms with E-state index in [1.54, 1.807) is 41.5 Å². The molecule has 3 aromatic rings. The van der Waals surface area contributed by atoms with E-state index in [1.165, 1.54) is 28.8 Å². The van der Waals surface area contributed by atoms with Gasteiger partial charge in [0.05, 0.1) is 0 Å². The zero-order valence-electron chi connectivity index (χ0n) is 31.3. The number of thioether (sulfide) groups is 1. The number of β-lactam (4-membered cyclic amide) rings is 1. The second-order valence-electron chi connectivity index (χ2n) is 15.0. The minimum atomic E-state index is -1.10. The van der Waals surface area contributed by atoms with Gasteiger partial charge in [0.25, 0.3) is 5.91 Å². The first-order valence-electron chi connectivity index (χ1n) is 17.7. The first-order valence-corrected chi connectivity index (χ1v) is 18.8. The average molecular weight is 772 g/mol. The maximum atomic E-state index is 15.8. The topological polar surface area (TPSA) is 150 Å². The predicted octanol–water partition coefficient (Wildman–Crippen LogP) is 6.81. The van der Waals surface area contributed by atoms with Crippen molar-refractivity contribution < 1.29 is 47.3 Å². The number of carbonyl (C=O) groups is 5. The number of hydrogen-bond donors (Lipinski definition) is 2. The maximum absolute atomic E-state index is 15.8. The van der Waals surface area contributed by atoms with Gasteiger partial charge in [-0.2, -0.15) is 0 Å². The molecule has 0 bridgehead atoms. The largest absolute Gasteiger partial charge is 0.514 e. The number of carbonyl (C=O) groups excluding carboxylic acids is 5. The van der Waals surface area contributed by atoms with Gasteiger partial charge in [-0.3, -0.25) is 14.5 Å². The summed E-state index contributed by atoms with van der Waals surface area (Å²) < 4.78 is 37.8. The summed E-state index contributed by atoms with van der Waals surface area (Å²) in [6.45, 7) is 10.3. The Bertz CT molecular complexity index is 2030. The fraction of sp³-hybridized carbons (Fsp3) is 0.341. The molecular formula is C41H42FN3O9S. The molecule has 0 aromatic heterocycles. The third-order valence-corrected chi connectivity index (χ3v) is 9.88. The first-order chi connectivity index (χ1) is 26.0. The molecule has 3 amide bonds. The SMILES string of the molecule is CC(C)(C)OC(=O)N[C@@H]1C(=O)N2C(C(=O)OC(c3ccccc3)c3ccccc3)=C(C(=C3CCNC3=O)c3ccc(OC(=O)OC(C)(C)C)c(F)c3)CS[C@H]12. The molecule has 2 fully saturated rings. The van der Waals surface area contributed by atoms with E-state index >= 15 is 4.39 Å². The Balaban J connectivity index is 1.46. The van der Waals surface area contributed by atoms with E-state index in [-0.39, 0.29) is 46.7 Å². The van der Waals surface area contributed by atoms with Crippen LogP contribution in [0.1, 0.15) is 70.8 Å². The first kappa shape index (κ1) is 39.1. The van der Waals surface area contributed by atoms with E-state index < -0.39 is 70.3 Å². The number of ether oxygens (including phenoxy) is 4. The molecule has 12 nitrogen and oxygen atoms in total. The summed E-state index contributed by atoms with van der Waals surface area (Å²) in [6, 6.07) is 20.9. The quantitative estimate of drug-likeness (QED) is 0.0823. The van der Waals surface area contributed by atoms with Crippen LogP contribution < -0.4 is 15.4 Å². The summed E-state index contributed by atoms with van der Waals surface area (Å²) in [5, 5.41) is 4.67. The number of esters is 1. The van der Waals surface area contributed by atoms with E-state index in [9.17, 15) is 24.0 Å². The highest BCUT2D eigenvalue weighted by molar-refractivity contribution is 8.00. The monoisotopic (exact) mass is 771 g/mol. The molecule has 6 rings (SSSR count). The van der Waals surface area contributed by atoms with Crippen LogP contribution in [0, 0.1) is 5.82 Å². The summed E-state index contributed by atoms with van der Waals surface area (Å²) in [6.07, 6.45) is -2.56. The average Bonchev–Trinajstić information content (AvgIpc) is 3.54. The molecule has 0 aliphatic carbocycles. The van der Waals surface area contributed by atoms with Gasteiger partial charge in [0.1, 0.15) is 28.3 Å². The Morgan fingerprint density at radius 2 is 1.51 bits per heavy atom. The number of fused-ring (bicyclic) bond motifs is 1. The highest BCUT2D eigenvalue weighted by atomic mass is 32.2. The molecule has 3 aromatic carbocycles. The van der Waals surface area contributed by atoms with Crippen LogP contribution in [-0.4, -0.2) is 69.8 Å². The molecule has 3 heterocycles. The summed E-state index contributed by atoms with van der Waals surface area (Å²) in [7, 11) is 0. The molecule has 0 unspecified atom stereocenters. The van der Waals surface area contributed by atoms with Crippen molar-refractivity contribution in [1.29, 1.82) is 0 Å². The lowest BCUT2D eigenvalue weighted by molar-refractivity contribution is -0.153. The molecule has 288 valence electrons. The van der Waals surface area contributed by atoms with Crippen LogP contribution in [0.5, 0.6) is 5.75 Å². The van der Waals surface area contributed by atoms with Crippen molar-refractivity contribution in [3.63, 3.8) is 0 Å². The van der Waals surface area contributed by atoms with Crippen molar-refractivity contribution in [2.75, 3.05) is 12.3 Å². The van der Waals surface area contributed by atoms with E-state index in [4.69, 9.17) is 18.9 Å². The lowest BCUT2D eigenvalue weighted by atomic mass is 9.89. The standard InChI is InChI=1S/C41H42FN3O9S/c1-40(2,3)53-38(49)44-31-35(47)45-32(37(48)52-33(23-13-9-7-10-14-23)24-15-11-8-12-16-24)27(22-55-36(31)45)30(26-19-20-43-34(26)46)25-17-18-29(28(42)21-25)51-39(50)54-41(4,5)6/h7-18,21,31,33,36H,19-20,22H2,1-6H3,(H,43,46)(H,44,49)/t31-,36-/m1/s1. The number of halogens is 1. The maximum Gasteiger partial charge on any atom is 0.514 e. The Labute approximate surface area is 322 Å². The molecule has 0 radical (unpaired) electrons. The van der Waals surface area contributed by atoms with Crippen LogP contribution in [0.4, 0.5) is 14.0 Å². The van der Waals surface area contributed by atoms with Gasteiger partial charge in [0.2, 0.25) is 5.91 Å². The van der Waals surface area contributed by atoms with Crippen LogP contribution >= 0.6 is 11.8 Å². The number of nitrogens with one attached hydrogen (secondary N) is 2. The lowest BCUT2D eigenvalue weighted by Gasteiger charge is -2.50. The Hall–Kier alpha value is -5.63. The molecule has 2 saturated heterocycles. The van der Waals surface area contributed by atoms with Gasteiger partial charge in [0.15, 0.2) is 17.7 Å². The van der Waals surface area contributed by atoms with Crippen molar-refractivity contribution in [1.82, 2.24) is 15.5 Å². The van der Waals surface area contributed by atoms with E-state index in [2.05, 4.69) is 10.6 Å². The second-order valence-corrected chi connectivity index (χ2v) is 16.1. The van der Waals surface area contributed by atoms with Gasteiger partial charge in [-0.15, -0.1) is 11.8 Å². The van der Waals surface area contributed by atoms with Crippen LogP contribution in [0.25, 0.3) is 5.57 Å². The smallest absolute Gasteiger partial charge is 0.448 e. The van der Waals surface area contributed by atoms with Crippen molar-refractivity contribution in [3.8, 4) is 5.75 Å². The molecule has 14 heteroatoms. The van der Waals surface area contributed by atoms with Crippen molar-refractivity contribution in [3.05, 3.63) is 118 Å². The number of nitrogens with zero attached hydrogens (tertiary/aromatic N) is 1. The molecule has 55 heavy (non-hydrogen) atoms. The third-order valence-electron chi connectivity index (χ3n) is 8.60. The van der Waals surface area contributed by atoms with Gasteiger partial charge in [-0.05, 0) is 82.4 Å². The predicted molar refractivity (Wildman–Crippen MR) is 202 cm³/mol. The fourth-order valence-electron chi connectivity index (χ4n) is 6.37. The number of amides is 3. The molecule has 2 N–H and O–H groups in total. The highest BCUT2D eigenvalue weighted by Crippen LogP contribution is 2.47. The number of rotatable bonds is 8. The lowest BCUT2D eigenvalue weighted by Crippen LogP contribution is -2.70. The minimum Gasteiger partial charge on any atom is -0.448 e. The fourth-order valence-corrected chi connectivity index (χ4v) is 7.73. The summed E-state index contributed by atoms with van der Waals surface area (Å²) >= 11 is 1.25. The molecular weight excluding hydrogens is 730 g/mol. The minimum absolute atomic E-state index is 0.0661. The van der Waals surface area contributed by atoms with Crippen molar-refractivity contribution in [2.24, 2.45) is 0 Å². The van der Waals surface area contributed by atoms with Gasteiger partial charge in [0, 0.05) is 23.4 Å². The number of allylic oxidation sites excluding steroid dienone is 1. The summed E-state index contributed by atoms with van der Waals surface area (Å²) in [4.78, 5) is 68.5. The number of alkyl carbamates (subject to hydrolysis) is 1. The van der Waals surface area contributed by atoms with Gasteiger partial charge >= 0.3 is 18.2 Å². The molecule has 0 spiro atoms. The van der Waals surface area contributed by atoms with Crippen LogP contribution in [-0.2, 0) is 28.6 Å².